The first-order chi connectivity index (χ1) is 13.3. The highest BCUT2D eigenvalue weighted by Gasteiger charge is 2.23. The summed E-state index contributed by atoms with van der Waals surface area (Å²) in [4.78, 5) is 12.5. The number of ether oxygens (including phenoxy) is 1. The van der Waals surface area contributed by atoms with Gasteiger partial charge in [-0.3, -0.25) is 10.1 Å². The van der Waals surface area contributed by atoms with Crippen molar-refractivity contribution in [2.24, 2.45) is 0 Å². The van der Waals surface area contributed by atoms with Gasteiger partial charge in [0.1, 0.15) is 5.75 Å². The zero-order valence-corrected chi connectivity index (χ0v) is 16.7. The Kier molecular flexibility index (Phi) is 5.97. The Labute approximate surface area is 164 Å². The summed E-state index contributed by atoms with van der Waals surface area (Å²) in [7, 11) is -0.199. The molecule has 1 N–H and O–H groups in total. The van der Waals surface area contributed by atoms with E-state index in [0.717, 1.165) is 25.3 Å². The molecule has 3 rings (SSSR count). The van der Waals surface area contributed by atoms with Gasteiger partial charge < -0.3 is 9.64 Å². The topological polar surface area (TPSA) is 102 Å². The summed E-state index contributed by atoms with van der Waals surface area (Å²) in [5.74, 6) is 0.513. The van der Waals surface area contributed by atoms with Gasteiger partial charge in [0.15, 0.2) is 0 Å². The average Bonchev–Trinajstić information content (AvgIpc) is 3.09. The molecule has 0 amide bonds. The number of fused-ring (bicyclic) bond motifs is 1. The summed E-state index contributed by atoms with van der Waals surface area (Å²) in [6.45, 7) is 0.720. The molecule has 2 aromatic rings. The minimum absolute atomic E-state index is 0.00943. The third kappa shape index (κ3) is 4.67. The largest absolute Gasteiger partial charge is 0.450 e. The van der Waals surface area contributed by atoms with Gasteiger partial charge >= 0.3 is 5.69 Å². The number of hydrogen-bond acceptors (Lipinski definition) is 6. The first-order valence-electron chi connectivity index (χ1n) is 8.99. The van der Waals surface area contributed by atoms with Gasteiger partial charge in [0.25, 0.3) is 0 Å². The van der Waals surface area contributed by atoms with Crippen molar-refractivity contribution in [3.05, 3.63) is 57.6 Å². The van der Waals surface area contributed by atoms with Crippen molar-refractivity contribution >= 4 is 15.7 Å². The van der Waals surface area contributed by atoms with Crippen molar-refractivity contribution in [1.82, 2.24) is 9.62 Å². The molecule has 0 atom stereocenters. The molecule has 0 saturated carbocycles. The fourth-order valence-electron chi connectivity index (χ4n) is 3.12. The molecule has 1 aliphatic rings. The van der Waals surface area contributed by atoms with Crippen molar-refractivity contribution in [3.8, 4) is 11.5 Å². The van der Waals surface area contributed by atoms with Crippen LogP contribution in [0.15, 0.2) is 41.3 Å². The van der Waals surface area contributed by atoms with Crippen LogP contribution < -0.4 is 9.46 Å². The van der Waals surface area contributed by atoms with Gasteiger partial charge in [-0.2, -0.15) is 0 Å². The van der Waals surface area contributed by atoms with Crippen molar-refractivity contribution in [1.29, 1.82) is 0 Å². The second-order valence-electron chi connectivity index (χ2n) is 6.97. The molecule has 0 radical (unpaired) electrons. The lowest BCUT2D eigenvalue weighted by Crippen LogP contribution is -2.31. The summed E-state index contributed by atoms with van der Waals surface area (Å²) in [5, 5.41) is 11.5. The Morgan fingerprint density at radius 1 is 1.14 bits per heavy atom. The zero-order valence-electron chi connectivity index (χ0n) is 15.8. The lowest BCUT2D eigenvalue weighted by molar-refractivity contribution is -0.385. The number of rotatable bonds is 8. The molecule has 2 aromatic carbocycles. The minimum atomic E-state index is -3.85. The number of nitro benzene ring substituents is 1. The van der Waals surface area contributed by atoms with Gasteiger partial charge in [-0.25, -0.2) is 13.1 Å². The number of aryl methyl sites for hydroxylation is 2. The molecule has 9 heteroatoms. The summed E-state index contributed by atoms with van der Waals surface area (Å²) in [6.07, 6.45) is 3.08. The third-order valence-electron chi connectivity index (χ3n) is 4.59. The molecule has 0 saturated heterocycles. The lowest BCUT2D eigenvalue weighted by Gasteiger charge is -2.12. The predicted octanol–water partition coefficient (Wildman–Crippen LogP) is 2.72. The number of nitro groups is 1. The van der Waals surface area contributed by atoms with Crippen molar-refractivity contribution in [3.63, 3.8) is 0 Å². The molecule has 0 unspecified atom stereocenters. The first-order valence-corrected chi connectivity index (χ1v) is 10.5. The lowest BCUT2D eigenvalue weighted by atomic mass is 10.1. The minimum Gasteiger partial charge on any atom is -0.450 e. The monoisotopic (exact) mass is 405 g/mol. The number of likely N-dealkylation sites (N-methyl/N-ethyl adjacent to an activating group) is 1. The van der Waals surface area contributed by atoms with E-state index in [9.17, 15) is 18.5 Å². The van der Waals surface area contributed by atoms with E-state index < -0.39 is 20.6 Å². The maximum Gasteiger partial charge on any atom is 0.312 e. The van der Waals surface area contributed by atoms with Crippen LogP contribution in [0.25, 0.3) is 0 Å². The van der Waals surface area contributed by atoms with Crippen LogP contribution in [0.4, 0.5) is 5.69 Å². The molecule has 0 spiro atoms. The standard InChI is InChI=1S/C19H23N3O5S/c1-21(2)11-10-20-28(25,26)17-8-9-19(18(13-17)22(23)24)27-16-7-6-14-4-3-5-15(14)12-16/h6-9,12-13,20H,3-5,10-11H2,1-2H3. The SMILES string of the molecule is CN(C)CCNS(=O)(=O)c1ccc(Oc2ccc3c(c2)CCC3)c([N+](=O)[O-])c1. The van der Waals surface area contributed by atoms with E-state index in [0.29, 0.717) is 12.3 Å². The highest BCUT2D eigenvalue weighted by atomic mass is 32.2. The van der Waals surface area contributed by atoms with Crippen LogP contribution in [0.1, 0.15) is 17.5 Å². The molecular weight excluding hydrogens is 382 g/mol. The number of nitrogens with zero attached hydrogens (tertiary/aromatic N) is 2. The maximum absolute atomic E-state index is 12.4. The van der Waals surface area contributed by atoms with Gasteiger partial charge in [-0.05, 0) is 68.8 Å². The van der Waals surface area contributed by atoms with Crippen LogP contribution in [0.5, 0.6) is 11.5 Å². The quantitative estimate of drug-likeness (QED) is 0.535. The van der Waals surface area contributed by atoms with Crippen LogP contribution in [-0.4, -0.2) is 45.4 Å². The molecular formula is C19H23N3O5S. The third-order valence-corrected chi connectivity index (χ3v) is 6.04. The van der Waals surface area contributed by atoms with E-state index in [2.05, 4.69) is 4.72 Å². The van der Waals surface area contributed by atoms with Gasteiger partial charge in [0, 0.05) is 19.2 Å². The van der Waals surface area contributed by atoms with Crippen molar-refractivity contribution in [2.75, 3.05) is 27.2 Å². The van der Waals surface area contributed by atoms with Crippen molar-refractivity contribution in [2.45, 2.75) is 24.2 Å². The van der Waals surface area contributed by atoms with E-state index in [1.807, 2.05) is 31.1 Å². The van der Waals surface area contributed by atoms with E-state index in [4.69, 9.17) is 4.74 Å². The molecule has 0 aromatic heterocycles. The highest BCUT2D eigenvalue weighted by molar-refractivity contribution is 7.89. The van der Waals surface area contributed by atoms with Gasteiger partial charge in [-0.1, -0.05) is 6.07 Å². The van der Waals surface area contributed by atoms with E-state index in [-0.39, 0.29) is 17.2 Å². The van der Waals surface area contributed by atoms with E-state index in [1.165, 1.54) is 23.3 Å². The van der Waals surface area contributed by atoms with Gasteiger partial charge in [-0.15, -0.1) is 0 Å². The second-order valence-corrected chi connectivity index (χ2v) is 8.74. The Bertz CT molecular complexity index is 989. The molecule has 0 bridgehead atoms. The highest BCUT2D eigenvalue weighted by Crippen LogP contribution is 2.35. The van der Waals surface area contributed by atoms with Crippen LogP contribution in [0.2, 0.25) is 0 Å². The fourth-order valence-corrected chi connectivity index (χ4v) is 4.16. The summed E-state index contributed by atoms with van der Waals surface area (Å²) in [5.41, 5.74) is 2.06. The number of nitrogens with one attached hydrogen (secondary N) is 1. The molecule has 8 nitrogen and oxygen atoms in total. The molecule has 150 valence electrons. The molecule has 0 fully saturated rings. The maximum atomic E-state index is 12.4. The average molecular weight is 405 g/mol. The number of benzene rings is 2. The van der Waals surface area contributed by atoms with Crippen LogP contribution in [0.3, 0.4) is 0 Å². The summed E-state index contributed by atoms with van der Waals surface area (Å²) < 4.78 is 32.9. The van der Waals surface area contributed by atoms with E-state index >= 15 is 0 Å². The van der Waals surface area contributed by atoms with Crippen LogP contribution >= 0.6 is 0 Å². The van der Waals surface area contributed by atoms with Crippen LogP contribution in [-0.2, 0) is 22.9 Å². The van der Waals surface area contributed by atoms with E-state index in [1.54, 1.807) is 6.07 Å². The Hall–Kier alpha value is -2.49. The normalized spacial score (nSPS) is 13.5. The second kappa shape index (κ2) is 8.26. The Morgan fingerprint density at radius 3 is 2.61 bits per heavy atom. The molecule has 0 heterocycles. The number of sulfonamides is 1. The van der Waals surface area contributed by atoms with Crippen LogP contribution in [0, 0.1) is 10.1 Å². The van der Waals surface area contributed by atoms with Gasteiger partial charge in [0.05, 0.1) is 9.82 Å². The first kappa shape index (κ1) is 20.2. The van der Waals surface area contributed by atoms with Crippen molar-refractivity contribution < 1.29 is 18.1 Å². The number of hydrogen-bond donors (Lipinski definition) is 1. The van der Waals surface area contributed by atoms with Gasteiger partial charge in [0.2, 0.25) is 15.8 Å². The smallest absolute Gasteiger partial charge is 0.312 e. The molecule has 1 aliphatic carbocycles. The molecule has 0 aliphatic heterocycles. The Morgan fingerprint density at radius 2 is 1.89 bits per heavy atom. The predicted molar refractivity (Wildman–Crippen MR) is 105 cm³/mol. The molecule has 28 heavy (non-hydrogen) atoms. The zero-order chi connectivity index (χ0) is 20.3. The Balaban J connectivity index is 1.84. The summed E-state index contributed by atoms with van der Waals surface area (Å²) >= 11 is 0. The summed E-state index contributed by atoms with van der Waals surface area (Å²) in [6, 6.07) is 9.30. The fraction of sp³-hybridized carbons (Fsp3) is 0.368.